The summed E-state index contributed by atoms with van der Waals surface area (Å²) in [5.74, 6) is 1.32. The predicted molar refractivity (Wildman–Crippen MR) is 78.8 cm³/mol. The van der Waals surface area contributed by atoms with E-state index < -0.39 is 0 Å². The Hall–Kier alpha value is -2.70. The molecule has 1 aromatic heterocycles. The number of benzene rings is 1. The number of nitrogens with two attached hydrogens (primary N) is 1. The van der Waals surface area contributed by atoms with Crippen molar-refractivity contribution in [1.29, 1.82) is 0 Å². The van der Waals surface area contributed by atoms with Crippen LogP contribution < -0.4 is 15.2 Å². The summed E-state index contributed by atoms with van der Waals surface area (Å²) in [7, 11) is 0. The average Bonchev–Trinajstić information content (AvgIpc) is 3.25. The molecule has 0 radical (unpaired) electrons. The molecule has 3 N–H and O–H groups in total. The molecule has 2 aromatic rings. The van der Waals surface area contributed by atoms with Crippen molar-refractivity contribution in [3.8, 4) is 11.5 Å². The number of fused-ring (bicyclic) bond motifs is 1. The van der Waals surface area contributed by atoms with Crippen LogP contribution >= 0.6 is 0 Å². The summed E-state index contributed by atoms with van der Waals surface area (Å²) < 4.78 is 10.7. The summed E-state index contributed by atoms with van der Waals surface area (Å²) in [6.45, 7) is 1.47. The van der Waals surface area contributed by atoms with E-state index in [2.05, 4.69) is 10.2 Å². The first-order chi connectivity index (χ1) is 10.7. The maximum absolute atomic E-state index is 12.7. The Bertz CT molecular complexity index is 727. The van der Waals surface area contributed by atoms with Crippen LogP contribution in [-0.4, -0.2) is 40.9 Å². The number of nitrogen functional groups attached to an aromatic ring is 1. The molecule has 2 aliphatic rings. The second-order valence-corrected chi connectivity index (χ2v) is 5.52. The minimum atomic E-state index is -0.0389. The van der Waals surface area contributed by atoms with Crippen LogP contribution in [0.1, 0.15) is 28.4 Å². The Balaban J connectivity index is 1.55. The number of hydrogen-bond acceptors (Lipinski definition) is 5. The number of carbonyl (C=O) groups excluding carboxylic acids is 1. The molecule has 2 aliphatic heterocycles. The lowest BCUT2D eigenvalue weighted by Crippen LogP contribution is -2.28. The van der Waals surface area contributed by atoms with Crippen molar-refractivity contribution in [2.24, 2.45) is 0 Å². The lowest BCUT2D eigenvalue weighted by molar-refractivity contribution is 0.0786. The SMILES string of the molecule is Nc1cn[nH]c1C1CCN(C(=O)c2cccc3c2OCO3)C1. The number of ether oxygens (including phenoxy) is 2. The fourth-order valence-corrected chi connectivity index (χ4v) is 3.08. The summed E-state index contributed by atoms with van der Waals surface area (Å²) in [5, 5.41) is 6.88. The number of hydrogen-bond donors (Lipinski definition) is 2. The zero-order valence-electron chi connectivity index (χ0n) is 11.9. The quantitative estimate of drug-likeness (QED) is 0.873. The van der Waals surface area contributed by atoms with Crippen LogP contribution in [0.4, 0.5) is 5.69 Å². The molecule has 0 spiro atoms. The molecule has 0 saturated carbocycles. The number of likely N-dealkylation sites (tertiary alicyclic amines) is 1. The van der Waals surface area contributed by atoms with Crippen molar-refractivity contribution in [2.75, 3.05) is 25.6 Å². The highest BCUT2D eigenvalue weighted by molar-refractivity contribution is 5.98. The summed E-state index contributed by atoms with van der Waals surface area (Å²) in [6.07, 6.45) is 2.47. The van der Waals surface area contributed by atoms with Crippen LogP contribution in [0.25, 0.3) is 0 Å². The average molecular weight is 300 g/mol. The van der Waals surface area contributed by atoms with Gasteiger partial charge in [0, 0.05) is 19.0 Å². The van der Waals surface area contributed by atoms with Gasteiger partial charge in [0.2, 0.25) is 6.79 Å². The minimum absolute atomic E-state index is 0.0389. The third-order valence-electron chi connectivity index (χ3n) is 4.21. The molecular weight excluding hydrogens is 284 g/mol. The normalized spacial score (nSPS) is 19.6. The lowest BCUT2D eigenvalue weighted by Gasteiger charge is -2.17. The molecule has 114 valence electrons. The standard InChI is InChI=1S/C15H16N4O3/c16-11-6-17-18-13(11)9-4-5-19(7-9)15(20)10-2-1-3-12-14(10)22-8-21-12/h1-3,6,9H,4-5,7-8,16H2,(H,17,18). The van der Waals surface area contributed by atoms with E-state index in [0.29, 0.717) is 35.8 Å². The van der Waals surface area contributed by atoms with Crippen molar-refractivity contribution in [2.45, 2.75) is 12.3 Å². The zero-order chi connectivity index (χ0) is 15.1. The van der Waals surface area contributed by atoms with Crippen LogP contribution in [-0.2, 0) is 0 Å². The molecule has 4 rings (SSSR count). The first kappa shape index (κ1) is 13.0. The van der Waals surface area contributed by atoms with Gasteiger partial charge in [-0.3, -0.25) is 9.89 Å². The van der Waals surface area contributed by atoms with Gasteiger partial charge in [-0.25, -0.2) is 0 Å². The van der Waals surface area contributed by atoms with Gasteiger partial charge in [0.25, 0.3) is 5.91 Å². The first-order valence-corrected chi connectivity index (χ1v) is 7.20. The van der Waals surface area contributed by atoms with Crippen molar-refractivity contribution in [1.82, 2.24) is 15.1 Å². The van der Waals surface area contributed by atoms with Gasteiger partial charge >= 0.3 is 0 Å². The fourth-order valence-electron chi connectivity index (χ4n) is 3.08. The lowest BCUT2D eigenvalue weighted by atomic mass is 10.0. The maximum Gasteiger partial charge on any atom is 0.257 e. The number of nitrogens with zero attached hydrogens (tertiary/aromatic N) is 2. The van der Waals surface area contributed by atoms with Gasteiger partial charge in [-0.05, 0) is 18.6 Å². The molecule has 1 unspecified atom stereocenters. The monoisotopic (exact) mass is 300 g/mol. The molecule has 1 aromatic carbocycles. The van der Waals surface area contributed by atoms with Crippen molar-refractivity contribution in [3.63, 3.8) is 0 Å². The Morgan fingerprint density at radius 3 is 3.14 bits per heavy atom. The molecule has 0 aliphatic carbocycles. The molecule has 7 nitrogen and oxygen atoms in total. The predicted octanol–water partition coefficient (Wildman–Crippen LogP) is 1.35. The second kappa shape index (κ2) is 4.94. The summed E-state index contributed by atoms with van der Waals surface area (Å²) in [5.41, 5.74) is 8.00. The molecule has 0 bridgehead atoms. The molecule has 1 fully saturated rings. The van der Waals surface area contributed by atoms with Gasteiger partial charge < -0.3 is 20.1 Å². The van der Waals surface area contributed by atoms with E-state index in [4.69, 9.17) is 15.2 Å². The van der Waals surface area contributed by atoms with E-state index in [-0.39, 0.29) is 18.6 Å². The third kappa shape index (κ3) is 1.97. The van der Waals surface area contributed by atoms with E-state index >= 15 is 0 Å². The number of H-pyrrole nitrogens is 1. The van der Waals surface area contributed by atoms with E-state index in [0.717, 1.165) is 12.1 Å². The highest BCUT2D eigenvalue weighted by Gasteiger charge is 2.32. The third-order valence-corrected chi connectivity index (χ3v) is 4.21. The minimum Gasteiger partial charge on any atom is -0.454 e. The van der Waals surface area contributed by atoms with E-state index in [9.17, 15) is 4.79 Å². The Morgan fingerprint density at radius 1 is 1.41 bits per heavy atom. The van der Waals surface area contributed by atoms with Gasteiger partial charge in [-0.15, -0.1) is 0 Å². The maximum atomic E-state index is 12.7. The Morgan fingerprint density at radius 2 is 2.32 bits per heavy atom. The Labute approximate surface area is 127 Å². The van der Waals surface area contributed by atoms with Crippen molar-refractivity contribution in [3.05, 3.63) is 35.7 Å². The Kier molecular flexibility index (Phi) is 2.92. The molecule has 1 atom stereocenters. The van der Waals surface area contributed by atoms with Crippen LogP contribution in [0, 0.1) is 0 Å². The number of amides is 1. The molecule has 3 heterocycles. The fraction of sp³-hybridized carbons (Fsp3) is 0.333. The molecule has 7 heteroatoms. The van der Waals surface area contributed by atoms with Gasteiger partial charge in [0.1, 0.15) is 0 Å². The highest BCUT2D eigenvalue weighted by atomic mass is 16.7. The summed E-state index contributed by atoms with van der Waals surface area (Å²) >= 11 is 0. The highest BCUT2D eigenvalue weighted by Crippen LogP contribution is 2.37. The van der Waals surface area contributed by atoms with Crippen LogP contribution in [0.5, 0.6) is 11.5 Å². The largest absolute Gasteiger partial charge is 0.454 e. The smallest absolute Gasteiger partial charge is 0.257 e. The van der Waals surface area contributed by atoms with Gasteiger partial charge in [0.15, 0.2) is 11.5 Å². The van der Waals surface area contributed by atoms with Crippen LogP contribution in [0.3, 0.4) is 0 Å². The van der Waals surface area contributed by atoms with Crippen molar-refractivity contribution >= 4 is 11.6 Å². The van der Waals surface area contributed by atoms with E-state index in [1.807, 2.05) is 4.90 Å². The number of carbonyl (C=O) groups is 1. The molecule has 1 amide bonds. The number of nitrogens with one attached hydrogen (secondary N) is 1. The summed E-state index contributed by atoms with van der Waals surface area (Å²) in [6, 6.07) is 5.38. The molecule has 22 heavy (non-hydrogen) atoms. The second-order valence-electron chi connectivity index (χ2n) is 5.52. The van der Waals surface area contributed by atoms with Gasteiger partial charge in [-0.2, -0.15) is 5.10 Å². The first-order valence-electron chi connectivity index (χ1n) is 7.20. The van der Waals surface area contributed by atoms with Crippen molar-refractivity contribution < 1.29 is 14.3 Å². The molecular formula is C15H16N4O3. The number of para-hydroxylation sites is 1. The van der Waals surface area contributed by atoms with Gasteiger partial charge in [-0.1, -0.05) is 6.07 Å². The van der Waals surface area contributed by atoms with E-state index in [1.165, 1.54) is 0 Å². The zero-order valence-corrected chi connectivity index (χ0v) is 11.9. The number of rotatable bonds is 2. The molecule has 1 saturated heterocycles. The number of aromatic amines is 1. The van der Waals surface area contributed by atoms with E-state index in [1.54, 1.807) is 24.4 Å². The summed E-state index contributed by atoms with van der Waals surface area (Å²) in [4.78, 5) is 14.6. The van der Waals surface area contributed by atoms with Gasteiger partial charge in [0.05, 0.1) is 23.1 Å². The van der Waals surface area contributed by atoms with Crippen LogP contribution in [0.2, 0.25) is 0 Å². The topological polar surface area (TPSA) is 93.5 Å². The number of aromatic nitrogens is 2. The van der Waals surface area contributed by atoms with Crippen LogP contribution in [0.15, 0.2) is 24.4 Å². The number of anilines is 1.